The molecule has 0 atom stereocenters. The van der Waals surface area contributed by atoms with Crippen molar-refractivity contribution < 1.29 is 9.18 Å². The Balaban J connectivity index is 0.000000674. The second kappa shape index (κ2) is 13.9. The van der Waals surface area contributed by atoms with Crippen molar-refractivity contribution in [2.75, 3.05) is 28.6 Å². The Morgan fingerprint density at radius 2 is 1.86 bits per heavy atom. The van der Waals surface area contributed by atoms with Gasteiger partial charge in [-0.1, -0.05) is 25.4 Å². The fraction of sp³-hybridized carbons (Fsp3) is 0.286. The van der Waals surface area contributed by atoms with Crippen molar-refractivity contribution >= 4 is 51.9 Å². The lowest BCUT2D eigenvalue weighted by Gasteiger charge is -2.27. The van der Waals surface area contributed by atoms with Gasteiger partial charge in [-0.05, 0) is 92.4 Å². The Morgan fingerprint density at radius 3 is 2.56 bits per heavy atom. The molecule has 36 heavy (non-hydrogen) atoms. The Bertz CT molecular complexity index is 1260. The number of H-pyrrole nitrogens is 1. The molecule has 0 bridgehead atoms. The Hall–Kier alpha value is -3.03. The second-order valence-electron chi connectivity index (χ2n) is 7.71. The maximum Gasteiger partial charge on any atom is 0.255 e. The molecular weight excluding hydrogens is 495 g/mol. The molecule has 2 aromatic carbocycles. The maximum absolute atomic E-state index is 12.8. The summed E-state index contributed by atoms with van der Waals surface area (Å²) in [5.41, 5.74) is 5.81. The molecule has 1 saturated heterocycles. The van der Waals surface area contributed by atoms with Crippen LogP contribution in [0.1, 0.15) is 44.0 Å². The summed E-state index contributed by atoms with van der Waals surface area (Å²) < 4.78 is 12.6. The highest BCUT2D eigenvalue weighted by Gasteiger charge is 2.14. The standard InChI is InChI=1S/C24H21ClN4OS.C2H5F.C2H6/c25-20-8-5-17(15-19(20)21-9-10-22-23(28-21)11-12-26-22)27-24(30)16-3-6-18(7-4-16)29-13-1-2-14-31-29;1-2-3;1-2/h3-12,15,26H,1-2,13-14H2,(H,27,30);2H2,1H3;1-2H3. The number of benzene rings is 2. The van der Waals surface area contributed by atoms with Gasteiger partial charge in [0.05, 0.1) is 28.4 Å². The molecule has 5 nitrogen and oxygen atoms in total. The number of anilines is 2. The minimum absolute atomic E-state index is 0.153. The summed E-state index contributed by atoms with van der Waals surface area (Å²) >= 11 is 8.28. The molecule has 8 heteroatoms. The number of rotatable bonds is 4. The molecule has 0 unspecified atom stereocenters. The molecule has 1 aliphatic heterocycles. The zero-order valence-electron chi connectivity index (χ0n) is 20.9. The van der Waals surface area contributed by atoms with E-state index in [1.54, 1.807) is 12.1 Å². The lowest BCUT2D eigenvalue weighted by atomic mass is 10.1. The van der Waals surface area contributed by atoms with Crippen LogP contribution in [-0.4, -0.2) is 34.8 Å². The number of pyridine rings is 1. The normalized spacial score (nSPS) is 12.8. The topological polar surface area (TPSA) is 61.0 Å². The van der Waals surface area contributed by atoms with Crippen molar-refractivity contribution in [1.29, 1.82) is 0 Å². The van der Waals surface area contributed by atoms with Crippen molar-refractivity contribution in [3.05, 3.63) is 77.4 Å². The third-order valence-electron chi connectivity index (χ3n) is 5.33. The van der Waals surface area contributed by atoms with E-state index in [0.29, 0.717) is 16.3 Å². The summed E-state index contributed by atoms with van der Waals surface area (Å²) in [6, 6.07) is 19.0. The highest BCUT2D eigenvalue weighted by atomic mass is 35.5. The highest BCUT2D eigenvalue weighted by molar-refractivity contribution is 8.00. The van der Waals surface area contributed by atoms with E-state index in [-0.39, 0.29) is 12.6 Å². The quantitative estimate of drug-likeness (QED) is 0.262. The third kappa shape index (κ3) is 7.02. The highest BCUT2D eigenvalue weighted by Crippen LogP contribution is 2.31. The predicted octanol–water partition coefficient (Wildman–Crippen LogP) is 8.39. The molecule has 2 N–H and O–H groups in total. The molecule has 0 saturated carbocycles. The van der Waals surface area contributed by atoms with Crippen molar-refractivity contribution in [1.82, 2.24) is 9.97 Å². The van der Waals surface area contributed by atoms with Gasteiger partial charge in [-0.25, -0.2) is 4.98 Å². The van der Waals surface area contributed by atoms with Gasteiger partial charge in [-0.15, -0.1) is 0 Å². The van der Waals surface area contributed by atoms with E-state index < -0.39 is 0 Å². The van der Waals surface area contributed by atoms with Gasteiger partial charge in [0.1, 0.15) is 0 Å². The largest absolute Gasteiger partial charge is 0.360 e. The first kappa shape index (κ1) is 27.6. The van der Waals surface area contributed by atoms with Crippen LogP contribution in [0.25, 0.3) is 22.3 Å². The molecule has 1 amide bonds. The summed E-state index contributed by atoms with van der Waals surface area (Å²) in [6.45, 7) is 6.26. The van der Waals surface area contributed by atoms with E-state index >= 15 is 0 Å². The van der Waals surface area contributed by atoms with E-state index in [4.69, 9.17) is 11.6 Å². The van der Waals surface area contributed by atoms with Gasteiger partial charge in [-0.3, -0.25) is 9.18 Å². The first-order valence-electron chi connectivity index (χ1n) is 12.2. The number of nitrogens with zero attached hydrogens (tertiary/aromatic N) is 2. The van der Waals surface area contributed by atoms with E-state index in [1.807, 2.05) is 80.5 Å². The molecule has 1 fully saturated rings. The number of halogens is 2. The van der Waals surface area contributed by atoms with E-state index in [9.17, 15) is 9.18 Å². The van der Waals surface area contributed by atoms with Crippen LogP contribution in [0.15, 0.2) is 66.9 Å². The molecule has 1 aliphatic rings. The predicted molar refractivity (Wildman–Crippen MR) is 153 cm³/mol. The number of hydrogen-bond donors (Lipinski definition) is 2. The van der Waals surface area contributed by atoms with Crippen LogP contribution in [0.5, 0.6) is 0 Å². The molecule has 2 aromatic heterocycles. The van der Waals surface area contributed by atoms with E-state index in [1.165, 1.54) is 19.8 Å². The number of carbonyl (C=O) groups is 1. The number of amides is 1. The van der Waals surface area contributed by atoms with Crippen LogP contribution in [0.4, 0.5) is 15.8 Å². The van der Waals surface area contributed by atoms with Crippen molar-refractivity contribution in [3.63, 3.8) is 0 Å². The summed E-state index contributed by atoms with van der Waals surface area (Å²) in [5.74, 6) is 0.993. The molecule has 0 aliphatic carbocycles. The zero-order chi connectivity index (χ0) is 25.9. The average Bonchev–Trinajstić information content (AvgIpc) is 3.40. The molecule has 190 valence electrons. The van der Waals surface area contributed by atoms with E-state index in [0.717, 1.165) is 40.3 Å². The molecular formula is C28H32ClFN4OS. The molecule has 0 radical (unpaired) electrons. The van der Waals surface area contributed by atoms with Crippen LogP contribution in [0, 0.1) is 0 Å². The van der Waals surface area contributed by atoms with Crippen LogP contribution in [0.2, 0.25) is 5.02 Å². The van der Waals surface area contributed by atoms with Crippen LogP contribution >= 0.6 is 23.5 Å². The molecule has 5 rings (SSSR count). The minimum Gasteiger partial charge on any atom is -0.360 e. The molecule has 3 heterocycles. The fourth-order valence-electron chi connectivity index (χ4n) is 3.67. The summed E-state index contributed by atoms with van der Waals surface area (Å²) in [4.78, 5) is 20.6. The number of carbonyl (C=O) groups excluding carboxylic acids is 1. The van der Waals surface area contributed by atoms with Gasteiger partial charge in [0.15, 0.2) is 0 Å². The maximum atomic E-state index is 12.8. The van der Waals surface area contributed by atoms with E-state index in [2.05, 4.69) is 19.6 Å². The number of hydrogen-bond acceptors (Lipinski definition) is 4. The van der Waals surface area contributed by atoms with Crippen LogP contribution in [-0.2, 0) is 0 Å². The third-order valence-corrected chi connectivity index (χ3v) is 6.83. The SMILES string of the molecule is CC.CCF.O=C(Nc1ccc(Cl)c(-c2ccc3[nH]ccc3n2)c1)c1ccc(N2CCCCS2)cc1. The monoisotopic (exact) mass is 526 g/mol. The van der Waals surface area contributed by atoms with Crippen LogP contribution in [0.3, 0.4) is 0 Å². The zero-order valence-corrected chi connectivity index (χ0v) is 22.4. The Morgan fingerprint density at radius 1 is 1.11 bits per heavy atom. The molecule has 4 aromatic rings. The van der Waals surface area contributed by atoms with Crippen LogP contribution < -0.4 is 9.62 Å². The van der Waals surface area contributed by atoms with Crippen molar-refractivity contribution in [2.24, 2.45) is 0 Å². The lowest BCUT2D eigenvalue weighted by Crippen LogP contribution is -2.21. The van der Waals surface area contributed by atoms with Gasteiger partial charge < -0.3 is 14.6 Å². The molecule has 0 spiro atoms. The number of aromatic amines is 1. The second-order valence-corrected chi connectivity index (χ2v) is 9.23. The Kier molecular flexibility index (Phi) is 10.6. The average molecular weight is 527 g/mol. The lowest BCUT2D eigenvalue weighted by molar-refractivity contribution is 0.102. The summed E-state index contributed by atoms with van der Waals surface area (Å²) in [5, 5.41) is 3.56. The van der Waals surface area contributed by atoms with Crippen molar-refractivity contribution in [2.45, 2.75) is 33.6 Å². The van der Waals surface area contributed by atoms with Crippen molar-refractivity contribution in [3.8, 4) is 11.3 Å². The minimum atomic E-state index is -0.250. The summed E-state index contributed by atoms with van der Waals surface area (Å²) in [7, 11) is 0. The van der Waals surface area contributed by atoms with Gasteiger partial charge in [-0.2, -0.15) is 0 Å². The van der Waals surface area contributed by atoms with Gasteiger partial charge in [0, 0.05) is 41.0 Å². The fourth-order valence-corrected chi connectivity index (χ4v) is 4.96. The first-order valence-corrected chi connectivity index (χ1v) is 13.5. The number of alkyl halides is 1. The van der Waals surface area contributed by atoms with Gasteiger partial charge in [0.2, 0.25) is 0 Å². The Labute approximate surface area is 221 Å². The summed E-state index contributed by atoms with van der Waals surface area (Å²) in [6.07, 6.45) is 4.33. The van der Waals surface area contributed by atoms with Gasteiger partial charge >= 0.3 is 0 Å². The van der Waals surface area contributed by atoms with Gasteiger partial charge in [0.25, 0.3) is 5.91 Å². The number of nitrogens with one attached hydrogen (secondary N) is 2. The smallest absolute Gasteiger partial charge is 0.255 e. The first-order chi connectivity index (χ1) is 17.6. The number of aromatic nitrogens is 2. The number of fused-ring (bicyclic) bond motifs is 1.